The number of carbonyl (C=O) groups is 1. The highest BCUT2D eigenvalue weighted by Crippen LogP contribution is 2.21. The number of hydrogen-bond acceptors (Lipinski definition) is 4. The smallest absolute Gasteiger partial charge is 0.351 e. The number of rotatable bonds is 1. The van der Waals surface area contributed by atoms with E-state index in [0.717, 1.165) is 6.07 Å². The number of aryl methyl sites for hydroxylation is 1. The average molecular weight is 271 g/mol. The van der Waals surface area contributed by atoms with E-state index in [1.807, 2.05) is 0 Å². The van der Waals surface area contributed by atoms with Gasteiger partial charge in [0.05, 0.1) is 10.9 Å². The predicted octanol–water partition coefficient (Wildman–Crippen LogP) is 1.34. The summed E-state index contributed by atoms with van der Waals surface area (Å²) in [6.07, 6.45) is 0. The van der Waals surface area contributed by atoms with Gasteiger partial charge in [-0.3, -0.25) is 4.79 Å². The zero-order valence-electron chi connectivity index (χ0n) is 10.4. The van der Waals surface area contributed by atoms with Crippen molar-refractivity contribution < 1.29 is 14.3 Å². The van der Waals surface area contributed by atoms with Crippen molar-refractivity contribution in [1.29, 1.82) is 0 Å². The second-order valence-electron chi connectivity index (χ2n) is 4.38. The molecule has 2 aromatic heterocycles. The first-order valence-electron chi connectivity index (χ1n) is 5.79. The summed E-state index contributed by atoms with van der Waals surface area (Å²) in [5.74, 6) is -1.42. The summed E-state index contributed by atoms with van der Waals surface area (Å²) in [7, 11) is 1.58. The Morgan fingerprint density at radius 1 is 1.20 bits per heavy atom. The van der Waals surface area contributed by atoms with Crippen LogP contribution in [0.15, 0.2) is 44.3 Å². The Morgan fingerprint density at radius 3 is 2.60 bits per heavy atom. The predicted molar refractivity (Wildman–Crippen MR) is 72.2 cm³/mol. The quantitative estimate of drug-likeness (QED) is 0.674. The number of fused-ring (bicyclic) bond motifs is 3. The van der Waals surface area contributed by atoms with Gasteiger partial charge >= 0.3 is 11.6 Å². The molecule has 1 N–H and O–H groups in total. The van der Waals surface area contributed by atoms with Crippen molar-refractivity contribution in [1.82, 2.24) is 4.57 Å². The second kappa shape index (κ2) is 4.06. The van der Waals surface area contributed by atoms with Crippen LogP contribution in [0.1, 0.15) is 10.4 Å². The van der Waals surface area contributed by atoms with Gasteiger partial charge in [0.1, 0.15) is 5.56 Å². The van der Waals surface area contributed by atoms with Crippen molar-refractivity contribution in [2.75, 3.05) is 0 Å². The zero-order valence-corrected chi connectivity index (χ0v) is 10.4. The van der Waals surface area contributed by atoms with E-state index < -0.39 is 22.7 Å². The van der Waals surface area contributed by atoms with Gasteiger partial charge in [-0.2, -0.15) is 0 Å². The third-order valence-corrected chi connectivity index (χ3v) is 3.22. The van der Waals surface area contributed by atoms with Crippen LogP contribution >= 0.6 is 0 Å². The number of carboxylic acid groups (broad SMARTS) is 1. The first-order valence-corrected chi connectivity index (χ1v) is 5.79. The molecule has 0 radical (unpaired) electrons. The lowest BCUT2D eigenvalue weighted by Gasteiger charge is -2.07. The number of nitrogens with zero attached hydrogens (tertiary/aromatic N) is 1. The number of para-hydroxylation sites is 1. The molecule has 0 amide bonds. The van der Waals surface area contributed by atoms with Crippen molar-refractivity contribution in [2.45, 2.75) is 0 Å². The molecule has 0 saturated heterocycles. The SMILES string of the molecule is Cn1c(=O)c2cc(C(=O)O)c(=O)oc2c2ccccc21. The van der Waals surface area contributed by atoms with E-state index in [1.54, 1.807) is 31.3 Å². The lowest BCUT2D eigenvalue weighted by molar-refractivity contribution is 0.0692. The molecule has 20 heavy (non-hydrogen) atoms. The molecular weight excluding hydrogens is 262 g/mol. The second-order valence-corrected chi connectivity index (χ2v) is 4.38. The highest BCUT2D eigenvalue weighted by atomic mass is 16.4. The molecule has 100 valence electrons. The lowest BCUT2D eigenvalue weighted by Crippen LogP contribution is -2.20. The van der Waals surface area contributed by atoms with Crippen LogP contribution < -0.4 is 11.2 Å². The van der Waals surface area contributed by atoms with Crippen molar-refractivity contribution >= 4 is 27.8 Å². The minimum atomic E-state index is -1.42. The summed E-state index contributed by atoms with van der Waals surface area (Å²) in [5.41, 5.74) is -1.21. The van der Waals surface area contributed by atoms with Crippen molar-refractivity contribution in [2.24, 2.45) is 7.05 Å². The fraction of sp³-hybridized carbons (Fsp3) is 0.0714. The molecule has 3 rings (SSSR count). The monoisotopic (exact) mass is 271 g/mol. The van der Waals surface area contributed by atoms with Crippen LogP contribution in [0.3, 0.4) is 0 Å². The van der Waals surface area contributed by atoms with Gasteiger partial charge in [0.15, 0.2) is 5.58 Å². The van der Waals surface area contributed by atoms with E-state index >= 15 is 0 Å². The summed E-state index contributed by atoms with van der Waals surface area (Å²) in [5, 5.41) is 9.58. The number of benzene rings is 1. The summed E-state index contributed by atoms with van der Waals surface area (Å²) < 4.78 is 6.45. The van der Waals surface area contributed by atoms with Gasteiger partial charge < -0.3 is 14.1 Å². The number of pyridine rings is 1. The Kier molecular flexibility index (Phi) is 2.47. The van der Waals surface area contributed by atoms with Crippen LogP contribution in [0.4, 0.5) is 0 Å². The summed E-state index contributed by atoms with van der Waals surface area (Å²) in [4.78, 5) is 34.9. The van der Waals surface area contributed by atoms with Crippen molar-refractivity contribution in [3.05, 3.63) is 56.7 Å². The molecule has 1 aromatic carbocycles. The maximum Gasteiger partial charge on any atom is 0.351 e. The fourth-order valence-electron chi connectivity index (χ4n) is 2.23. The molecule has 0 aliphatic rings. The van der Waals surface area contributed by atoms with Gasteiger partial charge in [0.2, 0.25) is 0 Å². The highest BCUT2D eigenvalue weighted by molar-refractivity contribution is 6.03. The normalized spacial score (nSPS) is 11.1. The molecular formula is C14H9NO5. The minimum Gasteiger partial charge on any atom is -0.477 e. The first-order chi connectivity index (χ1) is 9.50. The molecule has 0 fully saturated rings. The molecule has 6 heteroatoms. The zero-order chi connectivity index (χ0) is 14.4. The highest BCUT2D eigenvalue weighted by Gasteiger charge is 2.17. The van der Waals surface area contributed by atoms with E-state index in [0.29, 0.717) is 10.9 Å². The Hall–Kier alpha value is -2.89. The third kappa shape index (κ3) is 1.55. The Bertz CT molecular complexity index is 980. The van der Waals surface area contributed by atoms with E-state index in [-0.39, 0.29) is 11.0 Å². The third-order valence-electron chi connectivity index (χ3n) is 3.22. The summed E-state index contributed by atoms with van der Waals surface area (Å²) >= 11 is 0. The van der Waals surface area contributed by atoms with Gasteiger partial charge in [-0.1, -0.05) is 12.1 Å². The van der Waals surface area contributed by atoms with Crippen LogP contribution in [0.25, 0.3) is 21.9 Å². The van der Waals surface area contributed by atoms with Gasteiger partial charge in [0.25, 0.3) is 5.56 Å². The van der Waals surface area contributed by atoms with Crippen LogP contribution in [0.5, 0.6) is 0 Å². The number of aromatic nitrogens is 1. The Balaban J connectivity index is 2.65. The lowest BCUT2D eigenvalue weighted by atomic mass is 10.1. The van der Waals surface area contributed by atoms with Gasteiger partial charge in [-0.25, -0.2) is 9.59 Å². The standard InChI is InChI=1S/C14H9NO5/c1-15-10-5-3-2-4-7(10)11-8(12(15)16)6-9(13(17)18)14(19)20-11/h2-6H,1H3,(H,17,18). The van der Waals surface area contributed by atoms with Crippen LogP contribution in [-0.4, -0.2) is 15.6 Å². The molecule has 0 unspecified atom stereocenters. The largest absolute Gasteiger partial charge is 0.477 e. The topological polar surface area (TPSA) is 89.5 Å². The Morgan fingerprint density at radius 2 is 1.90 bits per heavy atom. The van der Waals surface area contributed by atoms with Crippen LogP contribution in [-0.2, 0) is 7.05 Å². The molecule has 2 heterocycles. The minimum absolute atomic E-state index is 0.0724. The molecule has 0 spiro atoms. The van der Waals surface area contributed by atoms with Gasteiger partial charge in [0, 0.05) is 12.4 Å². The van der Waals surface area contributed by atoms with Gasteiger partial charge in [-0.05, 0) is 18.2 Å². The molecule has 0 aliphatic carbocycles. The maximum atomic E-state index is 12.2. The van der Waals surface area contributed by atoms with Crippen LogP contribution in [0, 0.1) is 0 Å². The van der Waals surface area contributed by atoms with E-state index in [1.165, 1.54) is 4.57 Å². The number of aromatic carboxylic acids is 1. The molecule has 0 saturated carbocycles. The molecule has 0 atom stereocenters. The molecule has 0 aliphatic heterocycles. The van der Waals surface area contributed by atoms with Crippen molar-refractivity contribution in [3.8, 4) is 0 Å². The van der Waals surface area contributed by atoms with E-state index in [2.05, 4.69) is 0 Å². The Labute approximate surface area is 111 Å². The van der Waals surface area contributed by atoms with Crippen molar-refractivity contribution in [3.63, 3.8) is 0 Å². The van der Waals surface area contributed by atoms with E-state index in [4.69, 9.17) is 9.52 Å². The molecule has 0 bridgehead atoms. The fourth-order valence-corrected chi connectivity index (χ4v) is 2.23. The average Bonchev–Trinajstić information content (AvgIpc) is 2.44. The number of hydrogen-bond donors (Lipinski definition) is 1. The number of carboxylic acids is 1. The molecule has 3 aromatic rings. The maximum absolute atomic E-state index is 12.2. The first kappa shape index (κ1) is 12.2. The van der Waals surface area contributed by atoms with Crippen LogP contribution in [0.2, 0.25) is 0 Å². The van der Waals surface area contributed by atoms with E-state index in [9.17, 15) is 14.4 Å². The van der Waals surface area contributed by atoms with Gasteiger partial charge in [-0.15, -0.1) is 0 Å². The summed E-state index contributed by atoms with van der Waals surface area (Å²) in [6.45, 7) is 0. The summed E-state index contributed by atoms with van der Waals surface area (Å²) in [6, 6.07) is 8.01. The molecule has 6 nitrogen and oxygen atoms in total.